The van der Waals surface area contributed by atoms with E-state index < -0.39 is 5.91 Å². The van der Waals surface area contributed by atoms with Crippen LogP contribution in [0.3, 0.4) is 0 Å². The van der Waals surface area contributed by atoms with Crippen LogP contribution in [0.1, 0.15) is 10.4 Å². The van der Waals surface area contributed by atoms with Crippen molar-refractivity contribution >= 4 is 28.8 Å². The molecular weight excluding hydrogens is 394 g/mol. The number of hydrogen-bond acceptors (Lipinski definition) is 7. The molecule has 4 rings (SSSR count). The fourth-order valence-electron chi connectivity index (χ4n) is 3.40. The van der Waals surface area contributed by atoms with E-state index >= 15 is 0 Å². The number of primary amides is 1. The number of benzene rings is 2. The van der Waals surface area contributed by atoms with Gasteiger partial charge in [0.25, 0.3) is 5.91 Å². The molecule has 0 spiro atoms. The van der Waals surface area contributed by atoms with Crippen molar-refractivity contribution in [3.8, 4) is 5.69 Å². The lowest BCUT2D eigenvalue weighted by Crippen LogP contribution is -2.36. The van der Waals surface area contributed by atoms with E-state index in [4.69, 9.17) is 10.5 Å². The lowest BCUT2D eigenvalue weighted by molar-refractivity contribution is 0.100. The van der Waals surface area contributed by atoms with Crippen molar-refractivity contribution in [3.63, 3.8) is 0 Å². The summed E-state index contributed by atoms with van der Waals surface area (Å²) in [6, 6.07) is 15.4. The molecule has 0 bridgehead atoms. The summed E-state index contributed by atoms with van der Waals surface area (Å²) in [5, 5.41) is 13.2. The number of carbonyl (C=O) groups is 1. The highest BCUT2D eigenvalue weighted by atomic mass is 16.5. The van der Waals surface area contributed by atoms with Gasteiger partial charge in [-0.05, 0) is 30.3 Å². The van der Waals surface area contributed by atoms with Crippen LogP contribution in [-0.2, 0) is 4.74 Å². The van der Waals surface area contributed by atoms with Gasteiger partial charge >= 0.3 is 0 Å². The average Bonchev–Trinajstić information content (AvgIpc) is 3.23. The third kappa shape index (κ3) is 4.41. The summed E-state index contributed by atoms with van der Waals surface area (Å²) in [6.07, 6.45) is 1.42. The molecule has 1 aliphatic rings. The zero-order chi connectivity index (χ0) is 21.8. The van der Waals surface area contributed by atoms with Crippen LogP contribution >= 0.6 is 0 Å². The highest BCUT2D eigenvalue weighted by molar-refractivity contribution is 5.97. The Hall–Kier alpha value is -3.72. The number of hydrogen-bond donors (Lipinski definition) is 1. The van der Waals surface area contributed by atoms with Gasteiger partial charge in [-0.15, -0.1) is 10.2 Å². The summed E-state index contributed by atoms with van der Waals surface area (Å²) in [4.78, 5) is 16.2. The largest absolute Gasteiger partial charge is 0.378 e. The van der Waals surface area contributed by atoms with Crippen molar-refractivity contribution in [3.05, 3.63) is 60.3 Å². The maximum absolute atomic E-state index is 12.0. The molecule has 0 saturated carbocycles. The number of nitrogens with two attached hydrogens (primary N) is 1. The van der Waals surface area contributed by atoms with E-state index in [0.717, 1.165) is 30.2 Å². The summed E-state index contributed by atoms with van der Waals surface area (Å²) in [5.74, 6) is -0.309. The molecule has 160 valence electrons. The van der Waals surface area contributed by atoms with Gasteiger partial charge in [0.05, 0.1) is 30.8 Å². The first-order valence-corrected chi connectivity index (χ1v) is 10.0. The second-order valence-electron chi connectivity index (χ2n) is 7.36. The van der Waals surface area contributed by atoms with Crippen LogP contribution < -0.4 is 15.5 Å². The normalized spacial score (nSPS) is 14.2. The van der Waals surface area contributed by atoms with Gasteiger partial charge in [-0.25, -0.2) is 4.68 Å². The molecule has 9 nitrogen and oxygen atoms in total. The smallest absolute Gasteiger partial charge is 0.254 e. The second kappa shape index (κ2) is 8.97. The van der Waals surface area contributed by atoms with E-state index in [-0.39, 0.29) is 5.56 Å². The van der Waals surface area contributed by atoms with Crippen molar-refractivity contribution in [1.29, 1.82) is 0 Å². The maximum Gasteiger partial charge on any atom is 0.254 e. The van der Waals surface area contributed by atoms with E-state index in [1.54, 1.807) is 4.68 Å². The summed E-state index contributed by atoms with van der Waals surface area (Å²) in [5.41, 5.74) is 9.25. The third-order valence-corrected chi connectivity index (χ3v) is 5.09. The molecule has 0 radical (unpaired) electrons. The molecule has 9 heteroatoms. The number of anilines is 2. The molecule has 31 heavy (non-hydrogen) atoms. The van der Waals surface area contributed by atoms with Gasteiger partial charge in [0, 0.05) is 32.9 Å². The number of para-hydroxylation sites is 1. The predicted molar refractivity (Wildman–Crippen MR) is 120 cm³/mol. The van der Waals surface area contributed by atoms with Crippen molar-refractivity contribution in [2.45, 2.75) is 0 Å². The van der Waals surface area contributed by atoms with E-state index in [1.807, 2.05) is 61.5 Å². The number of aromatic nitrogens is 2. The van der Waals surface area contributed by atoms with E-state index in [0.29, 0.717) is 24.7 Å². The van der Waals surface area contributed by atoms with Crippen LogP contribution in [0.5, 0.6) is 0 Å². The van der Waals surface area contributed by atoms with Crippen LogP contribution in [-0.4, -0.2) is 56.1 Å². The maximum atomic E-state index is 12.0. The molecule has 1 aliphatic heterocycles. The fourth-order valence-corrected chi connectivity index (χ4v) is 3.40. The highest BCUT2D eigenvalue weighted by Crippen LogP contribution is 2.35. The van der Waals surface area contributed by atoms with Gasteiger partial charge < -0.3 is 20.3 Å². The Balaban J connectivity index is 1.76. The summed E-state index contributed by atoms with van der Waals surface area (Å²) < 4.78 is 7.06. The molecule has 3 aromatic rings. The number of amides is 1. The molecule has 1 saturated heterocycles. The molecule has 2 aromatic carbocycles. The molecule has 1 aromatic heterocycles. The van der Waals surface area contributed by atoms with E-state index in [2.05, 4.69) is 26.3 Å². The topological polar surface area (TPSA) is 101 Å². The standard InChI is InChI=1S/C22H25N7O2/c1-27(2)17-8-9-19(20(14-17)28-10-12-31-13-11-28)25-26-22-18(21(23)30)15-24-29(22)16-6-4-3-5-7-16/h3-9,14-15H,10-13H2,1-2H3,(H2,23,30)/b26-25+. The van der Waals surface area contributed by atoms with Gasteiger partial charge in [-0.2, -0.15) is 5.10 Å². The quantitative estimate of drug-likeness (QED) is 0.618. The molecule has 2 heterocycles. The summed E-state index contributed by atoms with van der Waals surface area (Å²) >= 11 is 0. The Morgan fingerprint density at radius 2 is 1.84 bits per heavy atom. The first-order chi connectivity index (χ1) is 15.0. The van der Waals surface area contributed by atoms with Crippen LogP contribution in [0, 0.1) is 0 Å². The van der Waals surface area contributed by atoms with Crippen LogP contribution in [0.25, 0.3) is 5.69 Å². The highest BCUT2D eigenvalue weighted by Gasteiger charge is 2.19. The number of rotatable bonds is 6. The third-order valence-electron chi connectivity index (χ3n) is 5.09. The minimum absolute atomic E-state index is 0.213. The lowest BCUT2D eigenvalue weighted by atomic mass is 10.2. The van der Waals surface area contributed by atoms with E-state index in [9.17, 15) is 4.79 Å². The number of nitrogens with zero attached hydrogens (tertiary/aromatic N) is 6. The molecule has 0 unspecified atom stereocenters. The number of azo groups is 1. The molecule has 0 atom stereocenters. The van der Waals surface area contributed by atoms with Crippen molar-refractivity contribution in [2.24, 2.45) is 16.0 Å². The number of carbonyl (C=O) groups excluding carboxylic acids is 1. The van der Waals surface area contributed by atoms with Crippen molar-refractivity contribution in [2.75, 3.05) is 50.2 Å². The molecule has 2 N–H and O–H groups in total. The Kier molecular flexibility index (Phi) is 5.94. The zero-order valence-electron chi connectivity index (χ0n) is 17.6. The second-order valence-corrected chi connectivity index (χ2v) is 7.36. The molecular formula is C22H25N7O2. The Morgan fingerprint density at radius 1 is 1.10 bits per heavy atom. The summed E-state index contributed by atoms with van der Waals surface area (Å²) in [6.45, 7) is 2.87. The van der Waals surface area contributed by atoms with Crippen molar-refractivity contribution < 1.29 is 9.53 Å². The minimum atomic E-state index is -0.604. The minimum Gasteiger partial charge on any atom is -0.378 e. The zero-order valence-corrected chi connectivity index (χ0v) is 17.6. The average molecular weight is 419 g/mol. The number of ether oxygens (including phenoxy) is 1. The SMILES string of the molecule is CN(C)c1ccc(/N=N/c2c(C(N)=O)cnn2-c2ccccc2)c(N2CCOCC2)c1. The predicted octanol–water partition coefficient (Wildman–Crippen LogP) is 3.29. The molecule has 1 fully saturated rings. The van der Waals surface area contributed by atoms with Gasteiger partial charge in [-0.3, -0.25) is 4.79 Å². The van der Waals surface area contributed by atoms with Crippen molar-refractivity contribution in [1.82, 2.24) is 9.78 Å². The van der Waals surface area contributed by atoms with E-state index in [1.165, 1.54) is 6.20 Å². The monoisotopic (exact) mass is 419 g/mol. The van der Waals surface area contributed by atoms with Gasteiger partial charge in [0.15, 0.2) is 5.82 Å². The molecule has 1 amide bonds. The number of morpholine rings is 1. The van der Waals surface area contributed by atoms with Gasteiger partial charge in [0.1, 0.15) is 11.3 Å². The first-order valence-electron chi connectivity index (χ1n) is 10.0. The Bertz CT molecular complexity index is 1090. The molecule has 0 aliphatic carbocycles. The van der Waals surface area contributed by atoms with Gasteiger partial charge in [-0.1, -0.05) is 18.2 Å². The van der Waals surface area contributed by atoms with Crippen LogP contribution in [0.4, 0.5) is 22.9 Å². The summed E-state index contributed by atoms with van der Waals surface area (Å²) in [7, 11) is 3.99. The van der Waals surface area contributed by atoms with Crippen LogP contribution in [0.15, 0.2) is 65.0 Å². The van der Waals surface area contributed by atoms with Gasteiger partial charge in [0.2, 0.25) is 0 Å². The van der Waals surface area contributed by atoms with Crippen LogP contribution in [0.2, 0.25) is 0 Å². The lowest BCUT2D eigenvalue weighted by Gasteiger charge is -2.30. The Morgan fingerprint density at radius 3 is 2.52 bits per heavy atom. The first kappa shape index (κ1) is 20.5. The Labute approximate surface area is 180 Å². The fraction of sp³-hybridized carbons (Fsp3) is 0.273.